The normalized spacial score (nSPS) is 11.4. The second kappa shape index (κ2) is 5.94. The molecule has 2 aromatic rings. The molecule has 0 spiro atoms. The largest absolute Gasteiger partial charge is 0.495 e. The number of anilines is 2. The molecule has 1 aromatic heterocycles. The third-order valence-electron chi connectivity index (χ3n) is 2.78. The molecule has 1 heterocycles. The Balaban J connectivity index is 2.41. The maximum absolute atomic E-state index is 12.4. The predicted molar refractivity (Wildman–Crippen MR) is 83.8 cm³/mol. The van der Waals surface area contributed by atoms with Crippen LogP contribution >= 0.6 is 15.9 Å². The van der Waals surface area contributed by atoms with Gasteiger partial charge in [0.25, 0.3) is 10.0 Å². The zero-order chi connectivity index (χ0) is 15.6. The van der Waals surface area contributed by atoms with Crippen LogP contribution in [0.5, 0.6) is 5.75 Å². The van der Waals surface area contributed by atoms with Gasteiger partial charge in [0.1, 0.15) is 10.6 Å². The molecule has 0 aliphatic carbocycles. The van der Waals surface area contributed by atoms with E-state index in [1.807, 2.05) is 6.92 Å². The van der Waals surface area contributed by atoms with Gasteiger partial charge in [-0.1, -0.05) is 0 Å². The number of methoxy groups -OCH3 is 1. The number of nitrogens with zero attached hydrogens (tertiary/aromatic N) is 2. The van der Waals surface area contributed by atoms with Crippen molar-refractivity contribution >= 4 is 37.3 Å². The first-order chi connectivity index (χ1) is 9.87. The molecule has 3 N–H and O–H groups in total. The van der Waals surface area contributed by atoms with Crippen molar-refractivity contribution in [1.29, 1.82) is 0 Å². The molecule has 0 amide bonds. The number of halogens is 1. The molecule has 21 heavy (non-hydrogen) atoms. The topological polar surface area (TPSA) is 99.2 Å². The molecule has 7 nitrogen and oxygen atoms in total. The second-order valence-corrected chi connectivity index (χ2v) is 6.72. The molecule has 0 saturated heterocycles. The Kier molecular flexibility index (Phi) is 4.43. The quantitative estimate of drug-likeness (QED) is 0.780. The van der Waals surface area contributed by atoms with Crippen LogP contribution in [0.1, 0.15) is 6.92 Å². The lowest BCUT2D eigenvalue weighted by Crippen LogP contribution is -2.14. The van der Waals surface area contributed by atoms with E-state index in [-0.39, 0.29) is 10.6 Å². The SMILES string of the molecule is CCn1cc(NS(=O)(=O)c2cc(N)c(Br)cc2OC)cn1. The maximum Gasteiger partial charge on any atom is 0.265 e. The zero-order valence-corrected chi connectivity index (χ0v) is 13.9. The standard InChI is InChI=1S/C12H15BrN4O3S/c1-3-17-7-8(6-15-17)16-21(18,19)12-5-10(14)9(13)4-11(12)20-2/h4-7,16H,3,14H2,1-2H3. The molecular formula is C12H15BrN4O3S. The van der Waals surface area contributed by atoms with Crippen LogP contribution < -0.4 is 15.2 Å². The minimum atomic E-state index is -3.82. The number of sulfonamides is 1. The van der Waals surface area contributed by atoms with Crippen molar-refractivity contribution in [3.05, 3.63) is 29.0 Å². The lowest BCUT2D eigenvalue weighted by atomic mass is 10.3. The lowest BCUT2D eigenvalue weighted by Gasteiger charge is -2.12. The summed E-state index contributed by atoms with van der Waals surface area (Å²) in [6, 6.07) is 2.86. The molecule has 0 aliphatic rings. The minimum Gasteiger partial charge on any atom is -0.495 e. The number of aryl methyl sites for hydroxylation is 1. The molecule has 1 aromatic carbocycles. The van der Waals surface area contributed by atoms with Crippen molar-refractivity contribution in [3.63, 3.8) is 0 Å². The lowest BCUT2D eigenvalue weighted by molar-refractivity contribution is 0.402. The van der Waals surface area contributed by atoms with Gasteiger partial charge in [-0.15, -0.1) is 0 Å². The van der Waals surface area contributed by atoms with E-state index in [2.05, 4.69) is 25.8 Å². The van der Waals surface area contributed by atoms with Crippen LogP contribution in [-0.4, -0.2) is 25.3 Å². The summed E-state index contributed by atoms with van der Waals surface area (Å²) < 4.78 is 34.6. The molecule has 0 unspecified atom stereocenters. The van der Waals surface area contributed by atoms with E-state index in [0.29, 0.717) is 22.4 Å². The van der Waals surface area contributed by atoms with Crippen LogP contribution in [0.15, 0.2) is 33.9 Å². The van der Waals surface area contributed by atoms with Crippen LogP contribution in [-0.2, 0) is 16.6 Å². The van der Waals surface area contributed by atoms with Crippen molar-refractivity contribution in [2.45, 2.75) is 18.4 Å². The fourth-order valence-electron chi connectivity index (χ4n) is 1.72. The average molecular weight is 375 g/mol. The molecule has 0 saturated carbocycles. The van der Waals surface area contributed by atoms with E-state index in [9.17, 15) is 8.42 Å². The van der Waals surface area contributed by atoms with Crippen molar-refractivity contribution < 1.29 is 13.2 Å². The Bertz CT molecular complexity index is 758. The third-order valence-corrected chi connectivity index (χ3v) is 4.87. The van der Waals surface area contributed by atoms with Crippen LogP contribution in [0, 0.1) is 0 Å². The molecule has 0 aliphatic heterocycles. The van der Waals surface area contributed by atoms with Crippen molar-refractivity contribution in [2.75, 3.05) is 17.6 Å². The second-order valence-electron chi connectivity index (χ2n) is 4.21. The molecule has 0 bridgehead atoms. The average Bonchev–Trinajstić information content (AvgIpc) is 2.88. The van der Waals surface area contributed by atoms with Crippen molar-refractivity contribution in [3.8, 4) is 5.75 Å². The van der Waals surface area contributed by atoms with E-state index in [4.69, 9.17) is 10.5 Å². The molecule has 0 atom stereocenters. The van der Waals surface area contributed by atoms with Gasteiger partial charge in [-0.05, 0) is 35.0 Å². The van der Waals surface area contributed by atoms with Gasteiger partial charge < -0.3 is 10.5 Å². The van der Waals surface area contributed by atoms with E-state index < -0.39 is 10.0 Å². The Morgan fingerprint density at radius 2 is 2.19 bits per heavy atom. The summed E-state index contributed by atoms with van der Waals surface area (Å²) in [5, 5.41) is 4.01. The fraction of sp³-hybridized carbons (Fsp3) is 0.250. The van der Waals surface area contributed by atoms with Crippen LogP contribution in [0.25, 0.3) is 0 Å². The van der Waals surface area contributed by atoms with Crippen molar-refractivity contribution in [2.24, 2.45) is 0 Å². The Labute approximate surface area is 131 Å². The van der Waals surface area contributed by atoms with Crippen molar-refractivity contribution in [1.82, 2.24) is 9.78 Å². The van der Waals surface area contributed by atoms with E-state index in [1.54, 1.807) is 10.9 Å². The predicted octanol–water partition coefficient (Wildman–Crippen LogP) is 2.06. The van der Waals surface area contributed by atoms with Gasteiger partial charge >= 0.3 is 0 Å². The number of hydrogen-bond donors (Lipinski definition) is 2. The van der Waals surface area contributed by atoms with E-state index >= 15 is 0 Å². The number of nitrogens with two attached hydrogens (primary N) is 1. The number of hydrogen-bond acceptors (Lipinski definition) is 5. The molecule has 114 valence electrons. The van der Waals surface area contributed by atoms with Crippen LogP contribution in [0.2, 0.25) is 0 Å². The molecule has 2 rings (SSSR count). The minimum absolute atomic E-state index is 0.0325. The highest BCUT2D eigenvalue weighted by atomic mass is 79.9. The summed E-state index contributed by atoms with van der Waals surface area (Å²) in [7, 11) is -2.42. The fourth-order valence-corrected chi connectivity index (χ4v) is 3.26. The van der Waals surface area contributed by atoms with Gasteiger partial charge in [-0.2, -0.15) is 5.10 Å². The summed E-state index contributed by atoms with van der Waals surface area (Å²) in [6.45, 7) is 2.56. The third kappa shape index (κ3) is 3.30. The molecular weight excluding hydrogens is 360 g/mol. The van der Waals surface area contributed by atoms with Gasteiger partial charge in [0.05, 0.1) is 19.0 Å². The summed E-state index contributed by atoms with van der Waals surface area (Å²) in [5.41, 5.74) is 6.43. The van der Waals surface area contributed by atoms with E-state index in [0.717, 1.165) is 0 Å². The van der Waals surface area contributed by atoms with Crippen LogP contribution in [0.4, 0.5) is 11.4 Å². The Hall–Kier alpha value is -1.74. The smallest absolute Gasteiger partial charge is 0.265 e. The number of aromatic nitrogens is 2. The number of ether oxygens (including phenoxy) is 1. The monoisotopic (exact) mass is 374 g/mol. The first-order valence-electron chi connectivity index (χ1n) is 6.05. The van der Waals surface area contributed by atoms with Gasteiger partial charge in [0.15, 0.2) is 0 Å². The first-order valence-corrected chi connectivity index (χ1v) is 8.33. The number of benzene rings is 1. The summed E-state index contributed by atoms with van der Waals surface area (Å²) in [5.74, 6) is 0.200. The first kappa shape index (κ1) is 15.6. The number of nitrogens with one attached hydrogen (secondary N) is 1. The van der Waals surface area contributed by atoms with Gasteiger partial charge in [0.2, 0.25) is 0 Å². The number of rotatable bonds is 5. The van der Waals surface area contributed by atoms with Gasteiger partial charge in [-0.25, -0.2) is 8.42 Å². The number of nitrogen functional groups attached to an aromatic ring is 1. The molecule has 0 radical (unpaired) electrons. The summed E-state index contributed by atoms with van der Waals surface area (Å²) >= 11 is 3.23. The highest BCUT2D eigenvalue weighted by molar-refractivity contribution is 9.10. The zero-order valence-electron chi connectivity index (χ0n) is 11.5. The maximum atomic E-state index is 12.4. The highest BCUT2D eigenvalue weighted by Gasteiger charge is 2.22. The summed E-state index contributed by atoms with van der Waals surface area (Å²) in [6.07, 6.45) is 3.04. The summed E-state index contributed by atoms with van der Waals surface area (Å²) in [4.78, 5) is -0.0325. The highest BCUT2D eigenvalue weighted by Crippen LogP contribution is 2.33. The molecule has 0 fully saturated rings. The van der Waals surface area contributed by atoms with Gasteiger partial charge in [-0.3, -0.25) is 9.40 Å². The Morgan fingerprint density at radius 1 is 1.48 bits per heavy atom. The van der Waals surface area contributed by atoms with E-state index in [1.165, 1.54) is 25.4 Å². The van der Waals surface area contributed by atoms with Gasteiger partial charge in [0, 0.05) is 22.9 Å². The Morgan fingerprint density at radius 3 is 2.76 bits per heavy atom. The molecule has 9 heteroatoms. The van der Waals surface area contributed by atoms with Crippen LogP contribution in [0.3, 0.4) is 0 Å².